The molecule has 166 valence electrons. The van der Waals surface area contributed by atoms with E-state index in [0.29, 0.717) is 29.2 Å². The number of carbonyl (C=O) groups excluding carboxylic acids is 1. The average molecular weight is 437 g/mol. The lowest BCUT2D eigenvalue weighted by Gasteiger charge is -2.27. The Bertz CT molecular complexity index is 1080. The first-order valence-electron chi connectivity index (χ1n) is 10.7. The number of benzene rings is 1. The SMILES string of the molecule is O=C(CN(CC(O)c1ccc(F)cc1)C1CC1)N1N=C(c2ccco2)CC1c1ccco1. The van der Waals surface area contributed by atoms with Crippen LogP contribution in [0.2, 0.25) is 0 Å². The van der Waals surface area contributed by atoms with Crippen molar-refractivity contribution in [2.45, 2.75) is 37.5 Å². The van der Waals surface area contributed by atoms with Crippen LogP contribution in [0.15, 0.2) is 75.0 Å². The van der Waals surface area contributed by atoms with Crippen molar-refractivity contribution in [3.63, 3.8) is 0 Å². The Morgan fingerprint density at radius 2 is 1.91 bits per heavy atom. The molecule has 1 fully saturated rings. The molecule has 1 aliphatic carbocycles. The molecular weight excluding hydrogens is 413 g/mol. The van der Waals surface area contributed by atoms with E-state index in [1.165, 1.54) is 17.1 Å². The van der Waals surface area contributed by atoms with Crippen molar-refractivity contribution in [3.8, 4) is 0 Å². The van der Waals surface area contributed by atoms with Gasteiger partial charge in [0.05, 0.1) is 25.2 Å². The zero-order valence-corrected chi connectivity index (χ0v) is 17.4. The lowest BCUT2D eigenvalue weighted by molar-refractivity contribution is -0.135. The Morgan fingerprint density at radius 3 is 2.56 bits per heavy atom. The second kappa shape index (κ2) is 8.72. The van der Waals surface area contributed by atoms with Crippen LogP contribution in [0.3, 0.4) is 0 Å². The molecule has 3 heterocycles. The van der Waals surface area contributed by atoms with Gasteiger partial charge in [-0.2, -0.15) is 5.10 Å². The number of amides is 1. The van der Waals surface area contributed by atoms with Crippen LogP contribution in [-0.4, -0.2) is 45.8 Å². The lowest BCUT2D eigenvalue weighted by atomic mass is 10.1. The summed E-state index contributed by atoms with van der Waals surface area (Å²) in [6.45, 7) is 0.408. The van der Waals surface area contributed by atoms with Gasteiger partial charge in [0, 0.05) is 19.0 Å². The van der Waals surface area contributed by atoms with Crippen molar-refractivity contribution in [1.82, 2.24) is 9.91 Å². The van der Waals surface area contributed by atoms with Gasteiger partial charge >= 0.3 is 0 Å². The summed E-state index contributed by atoms with van der Waals surface area (Å²) in [4.78, 5) is 15.3. The number of hydrazone groups is 1. The molecule has 8 heteroatoms. The molecule has 2 unspecified atom stereocenters. The molecule has 0 spiro atoms. The monoisotopic (exact) mass is 437 g/mol. The van der Waals surface area contributed by atoms with E-state index in [1.807, 2.05) is 17.0 Å². The van der Waals surface area contributed by atoms with Crippen LogP contribution in [0.5, 0.6) is 0 Å². The predicted octanol–water partition coefficient (Wildman–Crippen LogP) is 3.89. The highest BCUT2D eigenvalue weighted by atomic mass is 19.1. The Balaban J connectivity index is 1.33. The van der Waals surface area contributed by atoms with Gasteiger partial charge in [0.25, 0.3) is 5.91 Å². The molecule has 32 heavy (non-hydrogen) atoms. The normalized spacial score (nSPS) is 19.4. The van der Waals surface area contributed by atoms with E-state index in [9.17, 15) is 14.3 Å². The maximum atomic E-state index is 13.3. The fourth-order valence-corrected chi connectivity index (χ4v) is 4.08. The van der Waals surface area contributed by atoms with E-state index in [2.05, 4.69) is 5.10 Å². The van der Waals surface area contributed by atoms with E-state index >= 15 is 0 Å². The summed E-state index contributed by atoms with van der Waals surface area (Å²) in [5, 5.41) is 16.7. The molecule has 0 radical (unpaired) electrons. The van der Waals surface area contributed by atoms with E-state index in [-0.39, 0.29) is 36.9 Å². The Labute approximate surface area is 184 Å². The van der Waals surface area contributed by atoms with E-state index in [1.54, 1.807) is 36.8 Å². The second-order valence-corrected chi connectivity index (χ2v) is 8.23. The molecule has 7 nitrogen and oxygen atoms in total. The molecule has 1 amide bonds. The number of nitrogens with zero attached hydrogens (tertiary/aromatic N) is 3. The molecule has 1 aliphatic heterocycles. The minimum atomic E-state index is -0.814. The Hall–Kier alpha value is -3.23. The van der Waals surface area contributed by atoms with Gasteiger partial charge in [-0.05, 0) is 54.8 Å². The third-order valence-electron chi connectivity index (χ3n) is 5.91. The van der Waals surface area contributed by atoms with Gasteiger partial charge in [-0.15, -0.1) is 0 Å². The van der Waals surface area contributed by atoms with Crippen molar-refractivity contribution in [2.75, 3.05) is 13.1 Å². The zero-order valence-electron chi connectivity index (χ0n) is 17.4. The molecular formula is C24H24FN3O4. The third-order valence-corrected chi connectivity index (χ3v) is 5.91. The van der Waals surface area contributed by atoms with Gasteiger partial charge in [-0.25, -0.2) is 9.40 Å². The first-order valence-corrected chi connectivity index (χ1v) is 10.7. The van der Waals surface area contributed by atoms with Crippen LogP contribution in [0, 0.1) is 5.82 Å². The summed E-state index contributed by atoms with van der Waals surface area (Å²) in [5.74, 6) is 0.764. The Kier molecular flexibility index (Phi) is 5.63. The van der Waals surface area contributed by atoms with Crippen molar-refractivity contribution >= 4 is 11.6 Å². The minimum Gasteiger partial charge on any atom is -0.467 e. The molecule has 3 aromatic rings. The topological polar surface area (TPSA) is 82.4 Å². The molecule has 2 aromatic heterocycles. The lowest BCUT2D eigenvalue weighted by Crippen LogP contribution is -2.41. The van der Waals surface area contributed by atoms with Crippen LogP contribution in [0.25, 0.3) is 0 Å². The largest absolute Gasteiger partial charge is 0.467 e. The van der Waals surface area contributed by atoms with E-state index < -0.39 is 6.10 Å². The second-order valence-electron chi connectivity index (χ2n) is 8.23. The van der Waals surface area contributed by atoms with Crippen LogP contribution in [0.4, 0.5) is 4.39 Å². The molecule has 0 bridgehead atoms. The van der Waals surface area contributed by atoms with E-state index in [4.69, 9.17) is 8.83 Å². The van der Waals surface area contributed by atoms with E-state index in [0.717, 1.165) is 12.8 Å². The standard InChI is InChI=1S/C24H24FN3O4/c25-17-7-5-16(6-8-17)21(29)14-27(18-9-10-18)15-24(30)28-20(23-4-2-12-32-23)13-19(26-28)22-3-1-11-31-22/h1-8,11-12,18,20-21,29H,9-10,13-15H2. The number of hydrogen-bond donors (Lipinski definition) is 1. The smallest absolute Gasteiger partial charge is 0.257 e. The first kappa shape index (κ1) is 20.7. The van der Waals surface area contributed by atoms with Crippen LogP contribution >= 0.6 is 0 Å². The quantitative estimate of drug-likeness (QED) is 0.578. The number of rotatable bonds is 8. The predicted molar refractivity (Wildman–Crippen MR) is 114 cm³/mol. The van der Waals surface area contributed by atoms with Gasteiger partial charge in [0.2, 0.25) is 0 Å². The maximum Gasteiger partial charge on any atom is 0.257 e. The van der Waals surface area contributed by atoms with Crippen LogP contribution < -0.4 is 0 Å². The fraction of sp³-hybridized carbons (Fsp3) is 0.333. The third kappa shape index (κ3) is 4.37. The molecule has 1 saturated carbocycles. The van der Waals surface area contributed by atoms with Crippen molar-refractivity contribution in [3.05, 3.63) is 84.0 Å². The summed E-state index contributed by atoms with van der Waals surface area (Å²) >= 11 is 0. The number of furan rings is 2. The molecule has 1 N–H and O–H groups in total. The molecule has 0 saturated heterocycles. The number of carbonyl (C=O) groups is 1. The highest BCUT2D eigenvalue weighted by Crippen LogP contribution is 2.34. The van der Waals surface area contributed by atoms with Crippen molar-refractivity contribution in [1.29, 1.82) is 0 Å². The van der Waals surface area contributed by atoms with Crippen LogP contribution in [0.1, 0.15) is 48.5 Å². The van der Waals surface area contributed by atoms with Gasteiger partial charge in [0.1, 0.15) is 29.1 Å². The zero-order chi connectivity index (χ0) is 22.1. The summed E-state index contributed by atoms with van der Waals surface area (Å²) in [5.41, 5.74) is 1.31. The summed E-state index contributed by atoms with van der Waals surface area (Å²) in [7, 11) is 0. The highest BCUT2D eigenvalue weighted by molar-refractivity contribution is 6.01. The summed E-state index contributed by atoms with van der Waals surface area (Å²) in [6.07, 6.45) is 4.80. The maximum absolute atomic E-state index is 13.3. The molecule has 2 aliphatic rings. The number of aliphatic hydroxyl groups excluding tert-OH is 1. The average Bonchev–Trinajstić information content (AvgIpc) is 3.19. The fourth-order valence-electron chi connectivity index (χ4n) is 4.08. The van der Waals surface area contributed by atoms with Crippen molar-refractivity contribution in [2.24, 2.45) is 5.10 Å². The van der Waals surface area contributed by atoms with Gasteiger partial charge in [-0.1, -0.05) is 12.1 Å². The highest BCUT2D eigenvalue weighted by Gasteiger charge is 2.38. The molecule has 2 atom stereocenters. The van der Waals surface area contributed by atoms with Gasteiger partial charge < -0.3 is 13.9 Å². The number of halogens is 1. The minimum absolute atomic E-state index is 0.120. The summed E-state index contributed by atoms with van der Waals surface area (Å²) < 4.78 is 24.3. The molecule has 5 rings (SSSR count). The van der Waals surface area contributed by atoms with Gasteiger partial charge in [0.15, 0.2) is 0 Å². The van der Waals surface area contributed by atoms with Crippen LogP contribution in [-0.2, 0) is 4.79 Å². The number of aliphatic hydroxyl groups is 1. The Morgan fingerprint density at radius 1 is 1.16 bits per heavy atom. The summed E-state index contributed by atoms with van der Waals surface area (Å²) in [6, 6.07) is 12.9. The first-order chi connectivity index (χ1) is 15.6. The number of hydrogen-bond acceptors (Lipinski definition) is 6. The molecule has 1 aromatic carbocycles. The van der Waals surface area contributed by atoms with Gasteiger partial charge in [-0.3, -0.25) is 9.69 Å². The van der Waals surface area contributed by atoms with Crippen molar-refractivity contribution < 1.29 is 23.1 Å².